The molecule has 23 heavy (non-hydrogen) atoms. The molecule has 0 aromatic carbocycles. The van der Waals surface area contributed by atoms with E-state index in [-0.39, 0.29) is 16.8 Å². The third-order valence-corrected chi connectivity index (χ3v) is 4.51. The zero-order valence-corrected chi connectivity index (χ0v) is 16.9. The van der Waals surface area contributed by atoms with Crippen LogP contribution in [0.1, 0.15) is 92.4 Å². The van der Waals surface area contributed by atoms with Crippen molar-refractivity contribution in [3.05, 3.63) is 11.6 Å². The number of hydrogen-bond acceptors (Lipinski definition) is 1. The summed E-state index contributed by atoms with van der Waals surface area (Å²) in [6.07, 6.45) is 12.7. The maximum absolute atomic E-state index is 10.5. The molecule has 3 heteroatoms. The summed E-state index contributed by atoms with van der Waals surface area (Å²) in [6, 6.07) is 0. The molecule has 1 radical (unpaired) electrons. The molecule has 1 N–H and O–H groups in total. The Bertz CT molecular complexity index is 324. The quantitative estimate of drug-likeness (QED) is 0.379. The van der Waals surface area contributed by atoms with Gasteiger partial charge in [-0.3, -0.25) is 0 Å². The van der Waals surface area contributed by atoms with Crippen LogP contribution < -0.4 is 0 Å². The van der Waals surface area contributed by atoms with Gasteiger partial charge in [-0.25, -0.2) is 4.79 Å². The maximum Gasteiger partial charge on any atom is 0.328 e. The van der Waals surface area contributed by atoms with Gasteiger partial charge in [0, 0.05) is 22.9 Å². The monoisotopic (exact) mass is 369 g/mol. The van der Waals surface area contributed by atoms with E-state index in [9.17, 15) is 4.79 Å². The molecule has 0 heterocycles. The van der Waals surface area contributed by atoms with E-state index in [1.54, 1.807) is 0 Å². The van der Waals surface area contributed by atoms with E-state index in [0.717, 1.165) is 36.2 Å². The van der Waals surface area contributed by atoms with Gasteiger partial charge in [-0.1, -0.05) is 78.2 Å². The van der Waals surface area contributed by atoms with Crippen molar-refractivity contribution >= 4 is 5.97 Å². The Morgan fingerprint density at radius 3 is 1.74 bits per heavy atom. The van der Waals surface area contributed by atoms with Crippen LogP contribution >= 0.6 is 0 Å². The fourth-order valence-electron chi connectivity index (χ4n) is 2.99. The normalized spacial score (nSPS) is 14.4. The van der Waals surface area contributed by atoms with E-state index in [4.69, 9.17) is 5.11 Å². The summed E-state index contributed by atoms with van der Waals surface area (Å²) in [7, 11) is 0. The average molecular weight is 369 g/mol. The first-order valence-corrected chi connectivity index (χ1v) is 9.21. The Hall–Kier alpha value is -0.284. The molecule has 0 rings (SSSR count). The van der Waals surface area contributed by atoms with Crippen molar-refractivity contribution in [1.82, 2.24) is 0 Å². The van der Waals surface area contributed by atoms with Crippen LogP contribution in [-0.4, -0.2) is 11.1 Å². The van der Waals surface area contributed by atoms with E-state index >= 15 is 0 Å². The van der Waals surface area contributed by atoms with Crippen LogP contribution in [0.3, 0.4) is 0 Å². The van der Waals surface area contributed by atoms with Gasteiger partial charge < -0.3 is 5.11 Å². The summed E-state index contributed by atoms with van der Waals surface area (Å²) >= 11 is 0. The van der Waals surface area contributed by atoms with Crippen molar-refractivity contribution in [3.8, 4) is 0 Å². The predicted molar refractivity (Wildman–Crippen MR) is 96.1 cm³/mol. The summed E-state index contributed by atoms with van der Waals surface area (Å²) in [5.41, 5.74) is 0.985. The molecule has 0 saturated carbocycles. The maximum atomic E-state index is 10.5. The van der Waals surface area contributed by atoms with Crippen LogP contribution in [0.4, 0.5) is 0 Å². The topological polar surface area (TPSA) is 37.3 Å². The second kappa shape index (κ2) is 15.3. The summed E-state index contributed by atoms with van der Waals surface area (Å²) in [5, 5.41) is 8.68. The number of carboxylic acid groups (broad SMARTS) is 1. The zero-order valence-electron chi connectivity index (χ0n) is 15.9. The van der Waals surface area contributed by atoms with Gasteiger partial charge in [-0.2, -0.15) is 0 Å². The Morgan fingerprint density at radius 1 is 0.870 bits per heavy atom. The molecule has 0 saturated heterocycles. The SMILES string of the molecule is C/C(=C\C(=O)O)CCC[C@H](C)CCC[C@H](C)CCCC(C)C.[Co]. The Morgan fingerprint density at radius 2 is 1.30 bits per heavy atom. The first kappa shape index (κ1) is 25.0. The van der Waals surface area contributed by atoms with Crippen molar-refractivity contribution in [3.63, 3.8) is 0 Å². The Balaban J connectivity index is 0. The third kappa shape index (κ3) is 17.9. The minimum Gasteiger partial charge on any atom is -0.478 e. The molecule has 0 bridgehead atoms. The van der Waals surface area contributed by atoms with Gasteiger partial charge in [-0.05, 0) is 37.5 Å². The molecule has 2 atom stereocenters. The fraction of sp³-hybridized carbons (Fsp3) is 0.850. The third-order valence-electron chi connectivity index (χ3n) is 4.51. The van der Waals surface area contributed by atoms with Crippen LogP contribution in [0, 0.1) is 17.8 Å². The summed E-state index contributed by atoms with van der Waals surface area (Å²) in [4.78, 5) is 10.5. The molecule has 0 aromatic rings. The standard InChI is InChI=1S/C20H38O2.Co/c1-16(2)9-6-10-17(3)11-7-12-18(4)13-8-14-19(5)15-20(21)22;/h15-18H,6-14H2,1-5H3,(H,21,22);/b19-15+;/t17-,18-;/m1./s1. The number of rotatable bonds is 13. The van der Waals surface area contributed by atoms with Gasteiger partial charge >= 0.3 is 5.97 Å². The second-order valence-electron chi connectivity index (χ2n) is 7.69. The smallest absolute Gasteiger partial charge is 0.328 e. The second-order valence-corrected chi connectivity index (χ2v) is 7.69. The number of aliphatic carboxylic acids is 1. The van der Waals surface area contributed by atoms with Crippen LogP contribution in [0.25, 0.3) is 0 Å². The van der Waals surface area contributed by atoms with Gasteiger partial charge in [0.05, 0.1) is 0 Å². The molecule has 2 nitrogen and oxygen atoms in total. The molecule has 0 unspecified atom stereocenters. The molecule has 0 aromatic heterocycles. The molecule has 0 amide bonds. The van der Waals surface area contributed by atoms with Crippen LogP contribution in [0.15, 0.2) is 11.6 Å². The van der Waals surface area contributed by atoms with E-state index in [1.165, 1.54) is 51.0 Å². The molecule has 0 spiro atoms. The molecule has 139 valence electrons. The first-order chi connectivity index (χ1) is 10.3. The van der Waals surface area contributed by atoms with Gasteiger partial charge in [0.15, 0.2) is 0 Å². The first-order valence-electron chi connectivity index (χ1n) is 9.21. The zero-order chi connectivity index (χ0) is 17.0. The van der Waals surface area contributed by atoms with Gasteiger partial charge in [0.25, 0.3) is 0 Å². The van der Waals surface area contributed by atoms with E-state index in [2.05, 4.69) is 27.7 Å². The minimum atomic E-state index is -0.822. The van der Waals surface area contributed by atoms with E-state index in [1.807, 2.05) is 6.92 Å². The fourth-order valence-corrected chi connectivity index (χ4v) is 2.99. The van der Waals surface area contributed by atoms with Crippen LogP contribution in [-0.2, 0) is 21.6 Å². The number of hydrogen-bond donors (Lipinski definition) is 1. The van der Waals surface area contributed by atoms with Crippen LogP contribution in [0.5, 0.6) is 0 Å². The molecular weight excluding hydrogens is 331 g/mol. The van der Waals surface area contributed by atoms with Crippen molar-refractivity contribution in [2.24, 2.45) is 17.8 Å². The van der Waals surface area contributed by atoms with Gasteiger partial charge in [0.2, 0.25) is 0 Å². The molecule has 0 aliphatic carbocycles. The number of carboxylic acids is 1. The molecule has 0 aliphatic rings. The Kier molecular flexibility index (Phi) is 16.6. The summed E-state index contributed by atoms with van der Waals surface area (Å²) < 4.78 is 0. The summed E-state index contributed by atoms with van der Waals surface area (Å²) in [5.74, 6) is 1.65. The van der Waals surface area contributed by atoms with E-state index < -0.39 is 5.97 Å². The van der Waals surface area contributed by atoms with Crippen LogP contribution in [0.2, 0.25) is 0 Å². The van der Waals surface area contributed by atoms with Crippen molar-refractivity contribution in [2.45, 2.75) is 92.4 Å². The average Bonchev–Trinajstić information content (AvgIpc) is 2.37. The van der Waals surface area contributed by atoms with E-state index in [0.29, 0.717) is 0 Å². The van der Waals surface area contributed by atoms with Crippen molar-refractivity contribution in [1.29, 1.82) is 0 Å². The largest absolute Gasteiger partial charge is 0.478 e. The number of carbonyl (C=O) groups is 1. The Labute approximate surface area is 154 Å². The summed E-state index contributed by atoms with van der Waals surface area (Å²) in [6.45, 7) is 11.3. The van der Waals surface area contributed by atoms with Gasteiger partial charge in [0.1, 0.15) is 0 Å². The molecule has 0 aliphatic heterocycles. The number of allylic oxidation sites excluding steroid dienone is 1. The van der Waals surface area contributed by atoms with Gasteiger partial charge in [-0.15, -0.1) is 0 Å². The van der Waals surface area contributed by atoms with Crippen molar-refractivity contribution < 1.29 is 26.7 Å². The molecular formula is C20H38CoO2. The molecule has 0 fully saturated rings. The predicted octanol–water partition coefficient (Wildman–Crippen LogP) is 6.45. The minimum absolute atomic E-state index is 0. The van der Waals surface area contributed by atoms with Crippen molar-refractivity contribution in [2.75, 3.05) is 0 Å².